The van der Waals surface area contributed by atoms with E-state index in [1.165, 1.54) is 22.4 Å². The first-order valence-electron chi connectivity index (χ1n) is 17.8. The van der Waals surface area contributed by atoms with E-state index in [1.54, 1.807) is 0 Å². The van der Waals surface area contributed by atoms with Gasteiger partial charge in [-0.3, -0.25) is 24.6 Å². The van der Waals surface area contributed by atoms with Gasteiger partial charge in [-0.05, 0) is 66.3 Å². The Kier molecular flexibility index (Phi) is 9.60. The molecule has 1 aliphatic carbocycles. The van der Waals surface area contributed by atoms with E-state index in [2.05, 4.69) is 86.5 Å². The van der Waals surface area contributed by atoms with Crippen molar-refractivity contribution >= 4 is 27.7 Å². The molecule has 1 amide bonds. The van der Waals surface area contributed by atoms with Crippen LogP contribution in [0.1, 0.15) is 52.7 Å². The van der Waals surface area contributed by atoms with Crippen LogP contribution in [0, 0.1) is 0 Å². The van der Waals surface area contributed by atoms with E-state index in [1.807, 2.05) is 41.7 Å². The molecule has 0 radical (unpaired) electrons. The number of hydrogen-bond acceptors (Lipinski definition) is 7. The fourth-order valence-corrected chi connectivity index (χ4v) is 7.64. The quantitative estimate of drug-likeness (QED) is 0.176. The van der Waals surface area contributed by atoms with Crippen LogP contribution in [0.4, 0.5) is 0 Å². The predicted octanol–water partition coefficient (Wildman–Crippen LogP) is 6.21. The maximum atomic E-state index is 13.7. The van der Waals surface area contributed by atoms with Gasteiger partial charge in [0.15, 0.2) is 0 Å². The lowest BCUT2D eigenvalue weighted by Gasteiger charge is -2.35. The lowest BCUT2D eigenvalue weighted by atomic mass is 9.90. The van der Waals surface area contributed by atoms with E-state index >= 15 is 0 Å². The zero-order chi connectivity index (χ0) is 33.7. The maximum absolute atomic E-state index is 13.7. The van der Waals surface area contributed by atoms with Gasteiger partial charge >= 0.3 is 0 Å². The molecule has 0 saturated carbocycles. The van der Waals surface area contributed by atoms with Crippen LogP contribution >= 0.6 is 0 Å². The molecule has 9 heteroatoms. The Hall–Kier alpha value is -4.96. The van der Waals surface area contributed by atoms with E-state index in [4.69, 9.17) is 14.7 Å². The molecular formula is C41H43N7O2. The van der Waals surface area contributed by atoms with Crippen LogP contribution in [-0.2, 0) is 48.7 Å². The van der Waals surface area contributed by atoms with Crippen LogP contribution < -0.4 is 5.32 Å². The third-order valence-corrected chi connectivity index (χ3v) is 10.1. The number of amides is 1. The summed E-state index contributed by atoms with van der Waals surface area (Å²) in [4.78, 5) is 32.6. The van der Waals surface area contributed by atoms with E-state index in [0.717, 1.165) is 72.1 Å². The zero-order valence-electron chi connectivity index (χ0n) is 28.4. The minimum absolute atomic E-state index is 0.114. The summed E-state index contributed by atoms with van der Waals surface area (Å²) in [5.41, 5.74) is 9.09. The van der Waals surface area contributed by atoms with Crippen molar-refractivity contribution in [2.45, 2.75) is 58.0 Å². The fourth-order valence-electron chi connectivity index (χ4n) is 7.64. The number of hydrogen-bond donors (Lipinski definition) is 1. The number of nitrogens with zero attached hydrogens (tertiary/aromatic N) is 6. The van der Waals surface area contributed by atoms with E-state index in [0.29, 0.717) is 32.8 Å². The van der Waals surface area contributed by atoms with Gasteiger partial charge in [-0.15, -0.1) is 0 Å². The van der Waals surface area contributed by atoms with E-state index in [9.17, 15) is 4.79 Å². The van der Waals surface area contributed by atoms with Crippen LogP contribution in [0.5, 0.6) is 0 Å². The first-order valence-corrected chi connectivity index (χ1v) is 17.8. The average molecular weight is 666 g/mol. The Balaban J connectivity index is 1.11. The monoisotopic (exact) mass is 665 g/mol. The van der Waals surface area contributed by atoms with Gasteiger partial charge in [0.1, 0.15) is 6.54 Å². The molecule has 1 saturated heterocycles. The molecule has 0 bridgehead atoms. The summed E-state index contributed by atoms with van der Waals surface area (Å²) >= 11 is 0. The van der Waals surface area contributed by atoms with Crippen LogP contribution in [0.15, 0.2) is 104 Å². The molecule has 1 N–H and O–H groups in total. The van der Waals surface area contributed by atoms with Crippen molar-refractivity contribution in [1.29, 1.82) is 0 Å². The summed E-state index contributed by atoms with van der Waals surface area (Å²) in [5.74, 6) is 0.114. The molecule has 1 aliphatic heterocycles. The number of fused-ring (bicyclic) bond motifs is 4. The number of carbonyl (C=O) groups excluding carboxylic acids is 1. The number of ether oxygens (including phenoxy) is 1. The topological polar surface area (TPSA) is 88.4 Å². The number of rotatable bonds is 11. The Morgan fingerprint density at radius 2 is 1.62 bits per heavy atom. The molecule has 4 aromatic heterocycles. The van der Waals surface area contributed by atoms with E-state index in [-0.39, 0.29) is 18.5 Å². The predicted molar refractivity (Wildman–Crippen MR) is 195 cm³/mol. The second kappa shape index (κ2) is 14.9. The second-order valence-electron chi connectivity index (χ2n) is 13.4. The van der Waals surface area contributed by atoms with E-state index < -0.39 is 0 Å². The van der Waals surface area contributed by atoms with Gasteiger partial charge in [0.05, 0.1) is 41.9 Å². The Bertz CT molecular complexity index is 2070. The number of pyridine rings is 3. The van der Waals surface area contributed by atoms with Crippen molar-refractivity contribution in [2.24, 2.45) is 0 Å². The van der Waals surface area contributed by atoms with Gasteiger partial charge in [-0.25, -0.2) is 0 Å². The van der Waals surface area contributed by atoms with Gasteiger partial charge in [0.2, 0.25) is 5.91 Å². The van der Waals surface area contributed by atoms with Crippen molar-refractivity contribution < 1.29 is 9.53 Å². The normalized spacial score (nSPS) is 16.3. The first kappa shape index (κ1) is 32.3. The van der Waals surface area contributed by atoms with Gasteiger partial charge < -0.3 is 19.5 Å². The Morgan fingerprint density at radius 1 is 0.800 bits per heavy atom. The molecular weight excluding hydrogens is 622 g/mol. The molecule has 2 aromatic carbocycles. The van der Waals surface area contributed by atoms with Crippen LogP contribution in [0.3, 0.4) is 0 Å². The largest absolute Gasteiger partial charge is 0.378 e. The van der Waals surface area contributed by atoms with Crippen molar-refractivity contribution in [3.63, 3.8) is 0 Å². The first-order chi connectivity index (χ1) is 24.7. The van der Waals surface area contributed by atoms with Gasteiger partial charge in [0.25, 0.3) is 0 Å². The van der Waals surface area contributed by atoms with Crippen molar-refractivity contribution in [3.8, 4) is 0 Å². The number of nitrogens with one attached hydrogen (secondary N) is 1. The zero-order valence-corrected chi connectivity index (χ0v) is 28.4. The number of aryl methyl sites for hydroxylation is 1. The highest BCUT2D eigenvalue weighted by Gasteiger charge is 2.29. The standard InChI is InChI=1S/C41H43N7O2/c49-39(46-21-23-50-24-22-46)29-48-37-11-2-1-10-34(37)35-17-20-44-36(41(35)48)28-47(38-12-5-7-32-8-6-19-45-40(32)38)27-31-15-13-30(14-16-31)25-42-26-33-9-3-4-18-43-33/h1-4,6,8-11,13-20,38,42H,5,7,12,21-29H2/t38-/m0/s1. The maximum Gasteiger partial charge on any atom is 0.242 e. The molecule has 8 rings (SSSR count). The molecule has 0 spiro atoms. The van der Waals surface area contributed by atoms with Crippen LogP contribution in [0.25, 0.3) is 21.8 Å². The molecule has 1 atom stereocenters. The lowest BCUT2D eigenvalue weighted by molar-refractivity contribution is -0.135. The Labute approximate surface area is 292 Å². The highest BCUT2D eigenvalue weighted by molar-refractivity contribution is 6.09. The SMILES string of the molecule is O=C(Cn1c2ccccc2c2ccnc(CN(Cc3ccc(CNCc4ccccn4)cc3)[C@H]3CCCc4cccnc43)c21)N1CCOCC1. The molecule has 9 nitrogen and oxygen atoms in total. The molecule has 1 fully saturated rings. The molecule has 5 heterocycles. The molecule has 50 heavy (non-hydrogen) atoms. The van der Waals surface area contributed by atoms with Crippen LogP contribution in [0.2, 0.25) is 0 Å². The highest BCUT2D eigenvalue weighted by Crippen LogP contribution is 2.37. The highest BCUT2D eigenvalue weighted by atomic mass is 16.5. The number of aromatic nitrogens is 4. The smallest absolute Gasteiger partial charge is 0.242 e. The lowest BCUT2D eigenvalue weighted by Crippen LogP contribution is -2.42. The minimum Gasteiger partial charge on any atom is -0.378 e. The third kappa shape index (κ3) is 6.89. The third-order valence-electron chi connectivity index (χ3n) is 10.1. The molecule has 0 unspecified atom stereocenters. The van der Waals surface area contributed by atoms with Gasteiger partial charge in [-0.2, -0.15) is 0 Å². The van der Waals surface area contributed by atoms with Gasteiger partial charge in [-0.1, -0.05) is 54.6 Å². The fraction of sp³-hybridized carbons (Fsp3) is 0.317. The summed E-state index contributed by atoms with van der Waals surface area (Å²) in [6.45, 7) is 5.59. The molecule has 6 aromatic rings. The minimum atomic E-state index is 0.114. The number of carbonyl (C=O) groups is 1. The summed E-state index contributed by atoms with van der Waals surface area (Å²) in [5, 5.41) is 5.79. The van der Waals surface area contributed by atoms with Crippen molar-refractivity contribution in [3.05, 3.63) is 137 Å². The summed E-state index contributed by atoms with van der Waals surface area (Å²) in [6.07, 6.45) is 8.89. The summed E-state index contributed by atoms with van der Waals surface area (Å²) < 4.78 is 7.73. The van der Waals surface area contributed by atoms with Crippen molar-refractivity contribution in [2.75, 3.05) is 26.3 Å². The summed E-state index contributed by atoms with van der Waals surface area (Å²) in [6, 6.07) is 29.9. The number of para-hydroxylation sites is 1. The summed E-state index contributed by atoms with van der Waals surface area (Å²) in [7, 11) is 0. The Morgan fingerprint density at radius 3 is 2.48 bits per heavy atom. The second-order valence-corrected chi connectivity index (χ2v) is 13.4. The molecule has 254 valence electrons. The average Bonchev–Trinajstić information content (AvgIpc) is 3.49. The van der Waals surface area contributed by atoms with Crippen molar-refractivity contribution in [1.82, 2.24) is 34.6 Å². The van der Waals surface area contributed by atoms with Gasteiger partial charge in [0, 0.05) is 74.1 Å². The number of benzene rings is 2. The van der Waals surface area contributed by atoms with Crippen LogP contribution in [-0.4, -0.2) is 61.5 Å². The number of morpholine rings is 1. The molecule has 2 aliphatic rings.